The molecule has 0 spiro atoms. The largest absolute Gasteiger partial charge is 0.478 e. The molecule has 0 aliphatic carbocycles. The highest BCUT2D eigenvalue weighted by molar-refractivity contribution is 6.28. The molecule has 0 bridgehead atoms. The second kappa shape index (κ2) is 21.9. The van der Waals surface area contributed by atoms with Crippen LogP contribution in [0.5, 0.6) is 0 Å². The highest BCUT2D eigenvalue weighted by atomic mass is 35.5. The molecule has 2 fully saturated rings. The number of nitrogens with one attached hydrogen (secondary N) is 1. The molecule has 0 radical (unpaired) electrons. The number of rotatable bonds is 7. The molecule has 13 nitrogen and oxygen atoms in total. The molecule has 0 saturated carbocycles. The summed E-state index contributed by atoms with van der Waals surface area (Å²) in [5, 5.41) is 11.3. The molecular weight excluding hydrogens is 695 g/mol. The average molecular weight is 736 g/mol. The van der Waals surface area contributed by atoms with Crippen LogP contribution < -0.4 is 11.1 Å². The predicted molar refractivity (Wildman–Crippen MR) is 192 cm³/mol. The van der Waals surface area contributed by atoms with Crippen molar-refractivity contribution in [3.05, 3.63) is 106 Å². The molecule has 16 heteroatoms. The van der Waals surface area contributed by atoms with Crippen LogP contribution in [0.15, 0.2) is 73.3 Å². The summed E-state index contributed by atoms with van der Waals surface area (Å²) in [7, 11) is 0. The molecule has 6 rings (SSSR count). The van der Waals surface area contributed by atoms with Gasteiger partial charge in [-0.15, -0.1) is 12.4 Å². The minimum Gasteiger partial charge on any atom is -0.478 e. The fourth-order valence-electron chi connectivity index (χ4n) is 4.41. The first kappa shape index (κ1) is 41.2. The molecule has 2 aromatic heterocycles. The van der Waals surface area contributed by atoms with Gasteiger partial charge in [-0.05, 0) is 58.6 Å². The average Bonchev–Trinajstić information content (AvgIpc) is 3.09. The van der Waals surface area contributed by atoms with Crippen LogP contribution in [0.25, 0.3) is 0 Å². The number of anilines is 2. The van der Waals surface area contributed by atoms with Gasteiger partial charge in [0, 0.05) is 75.4 Å². The monoisotopic (exact) mass is 734 g/mol. The van der Waals surface area contributed by atoms with Crippen molar-refractivity contribution in [2.24, 2.45) is 0 Å². The van der Waals surface area contributed by atoms with Gasteiger partial charge in [0.1, 0.15) is 0 Å². The van der Waals surface area contributed by atoms with E-state index in [1.54, 1.807) is 0 Å². The zero-order valence-electron chi connectivity index (χ0n) is 26.0. The van der Waals surface area contributed by atoms with Crippen LogP contribution in [-0.4, -0.2) is 99.3 Å². The third-order valence-corrected chi connectivity index (χ3v) is 7.35. The van der Waals surface area contributed by atoms with Crippen molar-refractivity contribution in [3.8, 4) is 0 Å². The number of aromatic carboxylic acids is 1. The number of ether oxygens (including phenoxy) is 2. The predicted octanol–water partition coefficient (Wildman–Crippen LogP) is 5.20. The summed E-state index contributed by atoms with van der Waals surface area (Å²) in [6.07, 6.45) is 5.10. The minimum atomic E-state index is -1.06. The minimum absolute atomic E-state index is 0. The zero-order chi connectivity index (χ0) is 33.4. The lowest BCUT2D eigenvalue weighted by Crippen LogP contribution is -2.35. The first-order chi connectivity index (χ1) is 22.7. The Kier molecular flexibility index (Phi) is 18.4. The number of aromatic nitrogens is 4. The highest BCUT2D eigenvalue weighted by Crippen LogP contribution is 2.14. The highest BCUT2D eigenvalue weighted by Gasteiger charge is 2.12. The van der Waals surface area contributed by atoms with Crippen molar-refractivity contribution in [1.82, 2.24) is 29.7 Å². The molecule has 49 heavy (non-hydrogen) atoms. The standard InChI is InChI=1S/C16H17ClN4O2.C11H16N2O.C5H3ClN2O2.CH4.ClH/c17-16-18-9-13(10-19-16)15(22)20-14-3-1-12(2-4-14)11-21-5-7-23-8-6-21;12-11-3-1-10(2-4-11)9-13-5-7-14-8-6-13;6-5-7-1-3(2-8-5)4(9)10;;/h1-4,9-10H,5-8,11H2,(H,20,22);1-4H,5-9,12H2;1-2H,(H,9,10);1H4;1H. The Hall–Kier alpha value is -3.95. The summed E-state index contributed by atoms with van der Waals surface area (Å²) in [5.41, 5.74) is 10.1. The summed E-state index contributed by atoms with van der Waals surface area (Å²) in [5.74, 6) is -1.32. The van der Waals surface area contributed by atoms with Crippen LogP contribution in [0, 0.1) is 0 Å². The number of benzene rings is 2. The van der Waals surface area contributed by atoms with Gasteiger partial charge in [-0.1, -0.05) is 31.7 Å². The summed E-state index contributed by atoms with van der Waals surface area (Å²) in [4.78, 5) is 41.6. The van der Waals surface area contributed by atoms with E-state index in [1.165, 1.54) is 23.5 Å². The molecule has 4 aromatic rings. The van der Waals surface area contributed by atoms with Crippen molar-refractivity contribution < 1.29 is 24.2 Å². The molecular formula is C33H41Cl3N8O5. The SMILES string of the molecule is C.Cl.Nc1ccc(CN2CCOCC2)cc1.O=C(Nc1ccc(CN2CCOCC2)cc1)c1cnc(Cl)nc1.O=C(O)c1cnc(Cl)nc1. The maximum Gasteiger partial charge on any atom is 0.338 e. The number of amides is 1. The fourth-order valence-corrected chi connectivity index (χ4v) is 4.60. The molecule has 0 atom stereocenters. The van der Waals surface area contributed by atoms with E-state index in [2.05, 4.69) is 47.2 Å². The molecule has 4 heterocycles. The lowest BCUT2D eigenvalue weighted by atomic mass is 10.2. The number of carboxylic acid groups (broad SMARTS) is 1. The van der Waals surface area contributed by atoms with E-state index in [1.807, 2.05) is 36.4 Å². The van der Waals surface area contributed by atoms with E-state index in [4.69, 9.17) is 43.5 Å². The Bertz CT molecular complexity index is 1540. The van der Waals surface area contributed by atoms with Gasteiger partial charge >= 0.3 is 5.97 Å². The topological polar surface area (TPSA) is 169 Å². The Morgan fingerprint density at radius 1 is 0.714 bits per heavy atom. The van der Waals surface area contributed by atoms with E-state index in [-0.39, 0.29) is 41.9 Å². The van der Waals surface area contributed by atoms with Gasteiger partial charge in [0.2, 0.25) is 10.6 Å². The Morgan fingerprint density at radius 2 is 1.10 bits per heavy atom. The lowest BCUT2D eigenvalue weighted by Gasteiger charge is -2.26. The number of hydrogen-bond donors (Lipinski definition) is 3. The van der Waals surface area contributed by atoms with Gasteiger partial charge < -0.3 is 25.6 Å². The van der Waals surface area contributed by atoms with E-state index in [0.29, 0.717) is 5.56 Å². The molecule has 2 aromatic carbocycles. The van der Waals surface area contributed by atoms with Crippen molar-refractivity contribution >= 4 is 58.9 Å². The Balaban J connectivity index is 0.000000274. The fraction of sp³-hybridized carbons (Fsp3) is 0.333. The maximum absolute atomic E-state index is 12.1. The zero-order valence-corrected chi connectivity index (χ0v) is 28.3. The van der Waals surface area contributed by atoms with Crippen molar-refractivity contribution in [3.63, 3.8) is 0 Å². The van der Waals surface area contributed by atoms with Crippen molar-refractivity contribution in [1.29, 1.82) is 0 Å². The Labute approximate surface area is 302 Å². The second-order valence-electron chi connectivity index (χ2n) is 10.5. The molecule has 1 amide bonds. The summed E-state index contributed by atoms with van der Waals surface area (Å²) < 4.78 is 10.6. The molecule has 2 aliphatic heterocycles. The number of nitrogen functional groups attached to an aromatic ring is 1. The number of carboxylic acids is 1. The van der Waals surface area contributed by atoms with Crippen LogP contribution in [0.3, 0.4) is 0 Å². The van der Waals surface area contributed by atoms with Crippen LogP contribution in [0.1, 0.15) is 39.3 Å². The maximum atomic E-state index is 12.1. The first-order valence-corrected chi connectivity index (χ1v) is 15.5. The third kappa shape index (κ3) is 15.0. The normalized spacial score (nSPS) is 14.3. The number of carbonyl (C=O) groups is 2. The van der Waals surface area contributed by atoms with Gasteiger partial charge in [-0.2, -0.15) is 0 Å². The lowest BCUT2D eigenvalue weighted by molar-refractivity contribution is 0.0341. The Morgan fingerprint density at radius 3 is 1.51 bits per heavy atom. The molecule has 2 aliphatic rings. The second-order valence-corrected chi connectivity index (χ2v) is 11.1. The number of halogens is 3. The van der Waals surface area contributed by atoms with Gasteiger partial charge in [0.05, 0.1) is 37.6 Å². The molecule has 2 saturated heterocycles. The summed E-state index contributed by atoms with van der Waals surface area (Å²) in [6.45, 7) is 9.16. The van der Waals surface area contributed by atoms with E-state index in [9.17, 15) is 9.59 Å². The van der Waals surface area contributed by atoms with Crippen LogP contribution in [-0.2, 0) is 22.6 Å². The number of nitrogens with zero attached hydrogens (tertiary/aromatic N) is 6. The van der Waals surface area contributed by atoms with Gasteiger partial charge in [-0.3, -0.25) is 14.6 Å². The van der Waals surface area contributed by atoms with E-state index >= 15 is 0 Å². The van der Waals surface area contributed by atoms with Crippen LogP contribution in [0.2, 0.25) is 10.6 Å². The van der Waals surface area contributed by atoms with Gasteiger partial charge in [0.15, 0.2) is 0 Å². The first-order valence-electron chi connectivity index (χ1n) is 14.8. The number of hydrogen-bond acceptors (Lipinski definition) is 11. The number of carbonyl (C=O) groups excluding carboxylic acids is 1. The number of morpholine rings is 2. The molecule has 264 valence electrons. The van der Waals surface area contributed by atoms with Crippen molar-refractivity contribution in [2.45, 2.75) is 20.5 Å². The van der Waals surface area contributed by atoms with E-state index in [0.717, 1.165) is 89.5 Å². The molecule has 0 unspecified atom stereocenters. The summed E-state index contributed by atoms with van der Waals surface area (Å²) in [6, 6.07) is 15.9. The van der Waals surface area contributed by atoms with E-state index < -0.39 is 5.97 Å². The third-order valence-electron chi connectivity index (χ3n) is 6.96. The van der Waals surface area contributed by atoms with Gasteiger partial charge in [-0.25, -0.2) is 24.7 Å². The quantitative estimate of drug-likeness (QED) is 0.168. The molecule has 4 N–H and O–H groups in total. The summed E-state index contributed by atoms with van der Waals surface area (Å²) >= 11 is 10.9. The van der Waals surface area contributed by atoms with Crippen molar-refractivity contribution in [2.75, 3.05) is 63.7 Å². The smallest absolute Gasteiger partial charge is 0.338 e. The van der Waals surface area contributed by atoms with Gasteiger partial charge in [0.25, 0.3) is 5.91 Å². The van der Waals surface area contributed by atoms with Crippen LogP contribution >= 0.6 is 35.6 Å². The number of nitrogens with two attached hydrogens (primary N) is 1. The van der Waals surface area contributed by atoms with Crippen LogP contribution in [0.4, 0.5) is 11.4 Å².